The van der Waals surface area contributed by atoms with Gasteiger partial charge >= 0.3 is 0 Å². The maximum absolute atomic E-state index is 3.66. The lowest BCUT2D eigenvalue weighted by Gasteiger charge is -2.30. The van der Waals surface area contributed by atoms with E-state index in [1.807, 2.05) is 0 Å². The van der Waals surface area contributed by atoms with Crippen molar-refractivity contribution in [3.05, 3.63) is 0 Å². The summed E-state index contributed by atoms with van der Waals surface area (Å²) in [5.41, 5.74) is 0. The Labute approximate surface area is 96.0 Å². The molecule has 0 aromatic heterocycles. The number of rotatable bonds is 9. The van der Waals surface area contributed by atoms with Gasteiger partial charge in [-0.3, -0.25) is 0 Å². The summed E-state index contributed by atoms with van der Waals surface area (Å²) in [6, 6.07) is 0.817. The van der Waals surface area contributed by atoms with Crippen LogP contribution in [0.2, 0.25) is 0 Å². The van der Waals surface area contributed by atoms with Crippen LogP contribution in [0.4, 0.5) is 0 Å². The van der Waals surface area contributed by atoms with E-state index < -0.39 is 0 Å². The largest absolute Gasteiger partial charge is 0.314 e. The smallest absolute Gasteiger partial charge is 0.00695 e. The lowest BCUT2D eigenvalue weighted by Crippen LogP contribution is -2.32. The number of nitrogens with one attached hydrogen (secondary N) is 1. The maximum atomic E-state index is 3.66. The molecule has 0 aliphatic heterocycles. The van der Waals surface area contributed by atoms with E-state index in [4.69, 9.17) is 0 Å². The van der Waals surface area contributed by atoms with Gasteiger partial charge in [0.25, 0.3) is 0 Å². The van der Waals surface area contributed by atoms with Gasteiger partial charge in [-0.1, -0.05) is 58.8 Å². The van der Waals surface area contributed by atoms with E-state index in [1.54, 1.807) is 0 Å². The highest BCUT2D eigenvalue weighted by atomic mass is 14.9. The van der Waals surface area contributed by atoms with Gasteiger partial charge in [-0.2, -0.15) is 0 Å². The minimum Gasteiger partial charge on any atom is -0.314 e. The van der Waals surface area contributed by atoms with Gasteiger partial charge in [-0.25, -0.2) is 0 Å². The molecule has 0 heterocycles. The summed E-state index contributed by atoms with van der Waals surface area (Å²) in [4.78, 5) is 0. The van der Waals surface area contributed by atoms with Crippen molar-refractivity contribution < 1.29 is 0 Å². The molecule has 90 valence electrons. The van der Waals surface area contributed by atoms with Gasteiger partial charge < -0.3 is 5.32 Å². The minimum atomic E-state index is 0.817. The molecule has 1 aliphatic rings. The summed E-state index contributed by atoms with van der Waals surface area (Å²) in [6.45, 7) is 5.67. The predicted molar refractivity (Wildman–Crippen MR) is 68.2 cm³/mol. The first-order chi connectivity index (χ1) is 7.36. The van der Waals surface area contributed by atoms with Crippen LogP contribution in [0.1, 0.15) is 71.6 Å². The first kappa shape index (κ1) is 13.0. The minimum absolute atomic E-state index is 0.817. The van der Waals surface area contributed by atoms with E-state index in [-0.39, 0.29) is 0 Å². The van der Waals surface area contributed by atoms with Crippen LogP contribution in [0, 0.1) is 5.92 Å². The Bertz CT molecular complexity index is 140. The summed E-state index contributed by atoms with van der Waals surface area (Å²) < 4.78 is 0. The fourth-order valence-electron chi connectivity index (χ4n) is 2.54. The van der Waals surface area contributed by atoms with Crippen molar-refractivity contribution >= 4 is 0 Å². The molecule has 0 aromatic carbocycles. The van der Waals surface area contributed by atoms with Crippen LogP contribution in [-0.2, 0) is 0 Å². The normalized spacial score (nSPS) is 18.8. The van der Waals surface area contributed by atoms with E-state index in [0.717, 1.165) is 18.5 Å². The summed E-state index contributed by atoms with van der Waals surface area (Å²) in [7, 11) is 0. The van der Waals surface area contributed by atoms with Gasteiger partial charge in [0.2, 0.25) is 0 Å². The molecule has 0 amide bonds. The topological polar surface area (TPSA) is 12.0 Å². The predicted octanol–water partition coefficient (Wildman–Crippen LogP) is 4.13. The summed E-state index contributed by atoms with van der Waals surface area (Å²) >= 11 is 0. The first-order valence-corrected chi connectivity index (χ1v) is 7.10. The van der Waals surface area contributed by atoms with E-state index in [2.05, 4.69) is 19.2 Å². The van der Waals surface area contributed by atoms with Crippen LogP contribution in [0.3, 0.4) is 0 Å². The molecular weight excluding hydrogens is 182 g/mol. The van der Waals surface area contributed by atoms with Crippen molar-refractivity contribution in [1.29, 1.82) is 0 Å². The highest BCUT2D eigenvalue weighted by Gasteiger charge is 2.21. The molecule has 15 heavy (non-hydrogen) atoms. The van der Waals surface area contributed by atoms with Crippen LogP contribution < -0.4 is 5.32 Å². The molecule has 0 radical (unpaired) electrons. The van der Waals surface area contributed by atoms with E-state index in [0.29, 0.717) is 0 Å². The molecule has 1 rings (SSSR count). The fraction of sp³-hybridized carbons (Fsp3) is 1.00. The highest BCUT2D eigenvalue weighted by molar-refractivity contribution is 4.77. The zero-order chi connectivity index (χ0) is 10.9. The standard InChI is InChI=1S/C14H29N/c1-3-5-6-7-11-14(15-4-2)12-13-9-8-10-13/h13-15H,3-12H2,1-2H3. The molecule has 0 aromatic rings. The Morgan fingerprint density at radius 3 is 2.47 bits per heavy atom. The Morgan fingerprint density at radius 2 is 1.93 bits per heavy atom. The molecule has 1 heteroatoms. The molecule has 0 saturated heterocycles. The van der Waals surface area contributed by atoms with Gasteiger partial charge in [0.05, 0.1) is 0 Å². The third-order valence-electron chi connectivity index (χ3n) is 3.74. The van der Waals surface area contributed by atoms with Gasteiger partial charge in [0.15, 0.2) is 0 Å². The molecule has 1 nitrogen and oxygen atoms in total. The van der Waals surface area contributed by atoms with Crippen molar-refractivity contribution in [1.82, 2.24) is 5.32 Å². The van der Waals surface area contributed by atoms with Gasteiger partial charge in [-0.15, -0.1) is 0 Å². The number of hydrogen-bond donors (Lipinski definition) is 1. The van der Waals surface area contributed by atoms with Crippen LogP contribution in [0.25, 0.3) is 0 Å². The van der Waals surface area contributed by atoms with Crippen molar-refractivity contribution in [2.75, 3.05) is 6.54 Å². The second kappa shape index (κ2) is 8.15. The molecular formula is C14H29N. The molecule has 1 aliphatic carbocycles. The molecule has 0 bridgehead atoms. The summed E-state index contributed by atoms with van der Waals surface area (Å²) in [5.74, 6) is 1.06. The average Bonchev–Trinajstić information content (AvgIpc) is 2.18. The molecule has 0 spiro atoms. The Kier molecular flexibility index (Phi) is 7.08. The van der Waals surface area contributed by atoms with Crippen molar-refractivity contribution in [3.8, 4) is 0 Å². The molecule has 1 saturated carbocycles. The molecule has 1 N–H and O–H groups in total. The third-order valence-corrected chi connectivity index (χ3v) is 3.74. The molecule has 1 unspecified atom stereocenters. The Hall–Kier alpha value is -0.0400. The van der Waals surface area contributed by atoms with Crippen LogP contribution >= 0.6 is 0 Å². The quantitative estimate of drug-likeness (QED) is 0.566. The monoisotopic (exact) mass is 211 g/mol. The third kappa shape index (κ3) is 5.55. The zero-order valence-electron chi connectivity index (χ0n) is 10.7. The zero-order valence-corrected chi connectivity index (χ0v) is 10.7. The summed E-state index contributed by atoms with van der Waals surface area (Å²) in [6.07, 6.45) is 13.0. The van der Waals surface area contributed by atoms with Crippen LogP contribution in [-0.4, -0.2) is 12.6 Å². The lowest BCUT2D eigenvalue weighted by atomic mass is 9.80. The molecule has 1 fully saturated rings. The van der Waals surface area contributed by atoms with E-state index >= 15 is 0 Å². The van der Waals surface area contributed by atoms with E-state index in [9.17, 15) is 0 Å². The Balaban J connectivity index is 2.05. The number of unbranched alkanes of at least 4 members (excludes halogenated alkanes) is 3. The fourth-order valence-corrected chi connectivity index (χ4v) is 2.54. The number of hydrogen-bond acceptors (Lipinski definition) is 1. The van der Waals surface area contributed by atoms with Gasteiger partial charge in [0.1, 0.15) is 0 Å². The van der Waals surface area contributed by atoms with Crippen molar-refractivity contribution in [3.63, 3.8) is 0 Å². The van der Waals surface area contributed by atoms with Gasteiger partial charge in [0, 0.05) is 6.04 Å². The van der Waals surface area contributed by atoms with Crippen LogP contribution in [0.15, 0.2) is 0 Å². The maximum Gasteiger partial charge on any atom is 0.00695 e. The first-order valence-electron chi connectivity index (χ1n) is 7.10. The lowest BCUT2D eigenvalue weighted by molar-refractivity contribution is 0.253. The van der Waals surface area contributed by atoms with Crippen molar-refractivity contribution in [2.45, 2.75) is 77.7 Å². The molecule has 1 atom stereocenters. The van der Waals surface area contributed by atoms with Gasteiger partial charge in [-0.05, 0) is 25.3 Å². The second-order valence-electron chi connectivity index (χ2n) is 5.14. The van der Waals surface area contributed by atoms with Crippen molar-refractivity contribution in [2.24, 2.45) is 5.92 Å². The Morgan fingerprint density at radius 1 is 1.13 bits per heavy atom. The summed E-state index contributed by atoms with van der Waals surface area (Å²) in [5, 5.41) is 3.66. The van der Waals surface area contributed by atoms with Crippen LogP contribution in [0.5, 0.6) is 0 Å². The second-order valence-corrected chi connectivity index (χ2v) is 5.14. The average molecular weight is 211 g/mol. The SMILES string of the molecule is CCCCCCC(CC1CCC1)NCC. The van der Waals surface area contributed by atoms with E-state index in [1.165, 1.54) is 57.8 Å². The highest BCUT2D eigenvalue weighted by Crippen LogP contribution is 2.31.